The van der Waals surface area contributed by atoms with E-state index in [0.717, 1.165) is 6.54 Å². The lowest BCUT2D eigenvalue weighted by atomic mass is 10.2. The number of thiophene rings is 1. The number of nitrogens with zero attached hydrogens (tertiary/aromatic N) is 2. The highest BCUT2D eigenvalue weighted by atomic mass is 32.1. The van der Waals surface area contributed by atoms with E-state index in [1.54, 1.807) is 11.3 Å². The number of aryl methyl sites for hydroxylation is 1. The van der Waals surface area contributed by atoms with Gasteiger partial charge in [-0.2, -0.15) is 16.4 Å². The first-order valence-corrected chi connectivity index (χ1v) is 5.93. The molecule has 1 atom stereocenters. The lowest BCUT2D eigenvalue weighted by molar-refractivity contribution is 0.576. The van der Waals surface area contributed by atoms with Gasteiger partial charge in [0, 0.05) is 31.4 Å². The minimum atomic E-state index is 0.399. The molecule has 0 fully saturated rings. The SMILES string of the molecule is CC(NCc1cnn(C)c1)c1ccsc1. The van der Waals surface area contributed by atoms with Gasteiger partial charge >= 0.3 is 0 Å². The molecule has 0 aliphatic heterocycles. The van der Waals surface area contributed by atoms with Gasteiger partial charge in [0.25, 0.3) is 0 Å². The molecule has 0 aromatic carbocycles. The summed E-state index contributed by atoms with van der Waals surface area (Å²) in [5.74, 6) is 0. The van der Waals surface area contributed by atoms with Gasteiger partial charge in [-0.3, -0.25) is 4.68 Å². The Labute approximate surface area is 93.7 Å². The van der Waals surface area contributed by atoms with Crippen LogP contribution in [0.15, 0.2) is 29.2 Å². The van der Waals surface area contributed by atoms with Crippen molar-refractivity contribution in [2.24, 2.45) is 7.05 Å². The monoisotopic (exact) mass is 221 g/mol. The predicted molar refractivity (Wildman–Crippen MR) is 62.8 cm³/mol. The second-order valence-electron chi connectivity index (χ2n) is 3.68. The summed E-state index contributed by atoms with van der Waals surface area (Å²) in [4.78, 5) is 0. The van der Waals surface area contributed by atoms with E-state index in [9.17, 15) is 0 Å². The van der Waals surface area contributed by atoms with E-state index in [0.29, 0.717) is 6.04 Å². The van der Waals surface area contributed by atoms with E-state index in [1.165, 1.54) is 11.1 Å². The Kier molecular flexibility index (Phi) is 3.18. The first-order chi connectivity index (χ1) is 7.25. The van der Waals surface area contributed by atoms with Crippen LogP contribution in [-0.2, 0) is 13.6 Å². The largest absolute Gasteiger partial charge is 0.306 e. The predicted octanol–water partition coefficient (Wildman–Crippen LogP) is 2.33. The quantitative estimate of drug-likeness (QED) is 0.858. The molecule has 2 aromatic rings. The summed E-state index contributed by atoms with van der Waals surface area (Å²) in [6, 6.07) is 2.56. The third-order valence-electron chi connectivity index (χ3n) is 2.41. The fourth-order valence-electron chi connectivity index (χ4n) is 1.47. The molecule has 0 amide bonds. The van der Waals surface area contributed by atoms with Gasteiger partial charge in [0.1, 0.15) is 0 Å². The average molecular weight is 221 g/mol. The van der Waals surface area contributed by atoms with E-state index < -0.39 is 0 Å². The van der Waals surface area contributed by atoms with Crippen molar-refractivity contribution in [1.82, 2.24) is 15.1 Å². The fourth-order valence-corrected chi connectivity index (χ4v) is 2.23. The molecule has 0 radical (unpaired) electrons. The van der Waals surface area contributed by atoms with Crippen LogP contribution < -0.4 is 5.32 Å². The molecule has 1 unspecified atom stereocenters. The van der Waals surface area contributed by atoms with Crippen LogP contribution in [-0.4, -0.2) is 9.78 Å². The number of rotatable bonds is 4. The highest BCUT2D eigenvalue weighted by molar-refractivity contribution is 7.07. The fraction of sp³-hybridized carbons (Fsp3) is 0.364. The number of hydrogen-bond donors (Lipinski definition) is 1. The molecule has 2 aromatic heterocycles. The minimum absolute atomic E-state index is 0.399. The number of nitrogens with one attached hydrogen (secondary N) is 1. The van der Waals surface area contributed by atoms with Crippen LogP contribution in [0.5, 0.6) is 0 Å². The molecule has 2 rings (SSSR count). The maximum Gasteiger partial charge on any atom is 0.0534 e. The zero-order chi connectivity index (χ0) is 10.7. The van der Waals surface area contributed by atoms with E-state index in [4.69, 9.17) is 0 Å². The Morgan fingerprint density at radius 2 is 2.47 bits per heavy atom. The second-order valence-corrected chi connectivity index (χ2v) is 4.46. The number of hydrogen-bond acceptors (Lipinski definition) is 3. The van der Waals surface area contributed by atoms with Gasteiger partial charge in [0.15, 0.2) is 0 Å². The Morgan fingerprint density at radius 3 is 3.07 bits per heavy atom. The van der Waals surface area contributed by atoms with Crippen LogP contribution in [0, 0.1) is 0 Å². The Balaban J connectivity index is 1.88. The van der Waals surface area contributed by atoms with E-state index >= 15 is 0 Å². The molecule has 15 heavy (non-hydrogen) atoms. The first-order valence-electron chi connectivity index (χ1n) is 4.98. The third-order valence-corrected chi connectivity index (χ3v) is 3.12. The van der Waals surface area contributed by atoms with E-state index in [-0.39, 0.29) is 0 Å². The molecular weight excluding hydrogens is 206 g/mol. The highest BCUT2D eigenvalue weighted by Gasteiger charge is 2.05. The summed E-state index contributed by atoms with van der Waals surface area (Å²) in [5, 5.41) is 11.9. The van der Waals surface area contributed by atoms with Crippen molar-refractivity contribution in [3.63, 3.8) is 0 Å². The third kappa shape index (κ3) is 2.67. The van der Waals surface area contributed by atoms with Crippen molar-refractivity contribution in [3.05, 3.63) is 40.3 Å². The van der Waals surface area contributed by atoms with Gasteiger partial charge in [-0.05, 0) is 29.3 Å². The lowest BCUT2D eigenvalue weighted by Crippen LogP contribution is -2.17. The summed E-state index contributed by atoms with van der Waals surface area (Å²) in [6.45, 7) is 3.04. The van der Waals surface area contributed by atoms with Gasteiger partial charge in [0.2, 0.25) is 0 Å². The van der Waals surface area contributed by atoms with Crippen LogP contribution in [0.3, 0.4) is 0 Å². The van der Waals surface area contributed by atoms with Crippen molar-refractivity contribution in [2.45, 2.75) is 19.5 Å². The van der Waals surface area contributed by atoms with Crippen LogP contribution in [0.25, 0.3) is 0 Å². The molecule has 0 spiro atoms. The normalized spacial score (nSPS) is 12.9. The first kappa shape index (κ1) is 10.4. The Bertz CT molecular complexity index is 405. The van der Waals surface area contributed by atoms with Crippen LogP contribution >= 0.6 is 11.3 Å². The molecular formula is C11H15N3S. The van der Waals surface area contributed by atoms with Crippen LogP contribution in [0.1, 0.15) is 24.1 Å². The zero-order valence-electron chi connectivity index (χ0n) is 8.97. The van der Waals surface area contributed by atoms with Gasteiger partial charge in [-0.1, -0.05) is 0 Å². The second kappa shape index (κ2) is 4.59. The minimum Gasteiger partial charge on any atom is -0.306 e. The Hall–Kier alpha value is -1.13. The van der Waals surface area contributed by atoms with E-state index in [2.05, 4.69) is 34.2 Å². The van der Waals surface area contributed by atoms with Gasteiger partial charge in [-0.25, -0.2) is 0 Å². The Morgan fingerprint density at radius 1 is 1.60 bits per heavy atom. The van der Waals surface area contributed by atoms with Crippen molar-refractivity contribution in [3.8, 4) is 0 Å². The number of aromatic nitrogens is 2. The molecule has 0 saturated heterocycles. The molecule has 0 saturated carbocycles. The zero-order valence-corrected chi connectivity index (χ0v) is 9.79. The maximum absolute atomic E-state index is 4.14. The molecule has 0 aliphatic rings. The van der Waals surface area contributed by atoms with Gasteiger partial charge in [0.05, 0.1) is 6.20 Å². The van der Waals surface area contributed by atoms with Crippen LogP contribution in [0.2, 0.25) is 0 Å². The summed E-state index contributed by atoms with van der Waals surface area (Å²) in [5.41, 5.74) is 2.57. The van der Waals surface area contributed by atoms with E-state index in [1.807, 2.05) is 24.1 Å². The average Bonchev–Trinajstić information content (AvgIpc) is 2.84. The highest BCUT2D eigenvalue weighted by Crippen LogP contribution is 2.15. The van der Waals surface area contributed by atoms with Crippen LogP contribution in [0.4, 0.5) is 0 Å². The van der Waals surface area contributed by atoms with Crippen molar-refractivity contribution in [2.75, 3.05) is 0 Å². The van der Waals surface area contributed by atoms with Crippen molar-refractivity contribution < 1.29 is 0 Å². The summed E-state index contributed by atoms with van der Waals surface area (Å²) in [7, 11) is 1.94. The van der Waals surface area contributed by atoms with Crippen molar-refractivity contribution in [1.29, 1.82) is 0 Å². The molecule has 4 heteroatoms. The van der Waals surface area contributed by atoms with Gasteiger partial charge in [-0.15, -0.1) is 0 Å². The topological polar surface area (TPSA) is 29.9 Å². The van der Waals surface area contributed by atoms with Gasteiger partial charge < -0.3 is 5.32 Å². The molecule has 1 N–H and O–H groups in total. The summed E-state index contributed by atoms with van der Waals surface area (Å²) >= 11 is 1.74. The molecule has 0 bridgehead atoms. The molecule has 0 aliphatic carbocycles. The standard InChI is InChI=1S/C11H15N3S/c1-9(11-3-4-15-8-11)12-5-10-6-13-14(2)7-10/h3-4,6-9,12H,5H2,1-2H3. The van der Waals surface area contributed by atoms with Crippen molar-refractivity contribution >= 4 is 11.3 Å². The summed E-state index contributed by atoms with van der Waals surface area (Å²) in [6.07, 6.45) is 3.93. The molecule has 3 nitrogen and oxygen atoms in total. The maximum atomic E-state index is 4.14. The summed E-state index contributed by atoms with van der Waals surface area (Å²) < 4.78 is 1.83. The lowest BCUT2D eigenvalue weighted by Gasteiger charge is -2.10. The molecule has 2 heterocycles. The molecule has 80 valence electrons. The smallest absolute Gasteiger partial charge is 0.0534 e.